The van der Waals surface area contributed by atoms with Gasteiger partial charge < -0.3 is 19.4 Å². The Morgan fingerprint density at radius 3 is 2.67 bits per heavy atom. The van der Waals surface area contributed by atoms with Gasteiger partial charge in [0.15, 0.2) is 5.76 Å². The van der Waals surface area contributed by atoms with Crippen LogP contribution in [0.5, 0.6) is 5.75 Å². The summed E-state index contributed by atoms with van der Waals surface area (Å²) >= 11 is 6.03. The van der Waals surface area contributed by atoms with Crippen LogP contribution in [-0.2, 0) is 4.79 Å². The van der Waals surface area contributed by atoms with Gasteiger partial charge in [0.05, 0.1) is 24.4 Å². The molecule has 7 heteroatoms. The number of carbonyl (C=O) groups is 2. The van der Waals surface area contributed by atoms with Gasteiger partial charge in [0.25, 0.3) is 5.91 Å². The number of rotatable bonds is 5. The number of nitrogens with zero attached hydrogens (tertiary/aromatic N) is 1. The zero-order chi connectivity index (χ0) is 19.6. The molecule has 0 saturated heterocycles. The highest BCUT2D eigenvalue weighted by Crippen LogP contribution is 2.29. The van der Waals surface area contributed by atoms with E-state index in [9.17, 15) is 9.59 Å². The Kier molecular flexibility index (Phi) is 5.37. The number of halogens is 1. The van der Waals surface area contributed by atoms with Crippen LogP contribution in [0.1, 0.15) is 16.1 Å². The molecule has 0 fully saturated rings. The number of furan rings is 1. The lowest BCUT2D eigenvalue weighted by atomic mass is 10.1. The molecule has 6 nitrogen and oxygen atoms in total. The van der Waals surface area contributed by atoms with Crippen molar-refractivity contribution in [1.82, 2.24) is 4.90 Å². The molecule has 1 N–H and O–H groups in total. The fourth-order valence-electron chi connectivity index (χ4n) is 2.74. The van der Waals surface area contributed by atoms with E-state index in [-0.39, 0.29) is 24.1 Å². The van der Waals surface area contributed by atoms with Crippen molar-refractivity contribution in [3.63, 3.8) is 0 Å². The third-order valence-corrected chi connectivity index (χ3v) is 4.54. The minimum absolute atomic E-state index is 0.135. The number of hydrogen-bond acceptors (Lipinski definition) is 4. The summed E-state index contributed by atoms with van der Waals surface area (Å²) in [5.41, 5.74) is 1.79. The number of hydrogen-bond donors (Lipinski definition) is 1. The molecule has 1 heterocycles. The molecule has 0 spiro atoms. The lowest BCUT2D eigenvalue weighted by Gasteiger charge is -2.16. The van der Waals surface area contributed by atoms with E-state index >= 15 is 0 Å². The maximum absolute atomic E-state index is 12.7. The van der Waals surface area contributed by atoms with Crippen LogP contribution in [-0.4, -0.2) is 37.4 Å². The van der Waals surface area contributed by atoms with Crippen molar-refractivity contribution in [1.29, 1.82) is 0 Å². The summed E-state index contributed by atoms with van der Waals surface area (Å²) in [5, 5.41) is 3.92. The van der Waals surface area contributed by atoms with Crippen LogP contribution < -0.4 is 10.1 Å². The number of benzene rings is 2. The van der Waals surface area contributed by atoms with Gasteiger partial charge in [-0.25, -0.2) is 0 Å². The number of ether oxygens (including phenoxy) is 1. The van der Waals surface area contributed by atoms with Crippen LogP contribution in [0.3, 0.4) is 0 Å². The van der Waals surface area contributed by atoms with Gasteiger partial charge in [-0.05, 0) is 37.3 Å². The highest BCUT2D eigenvalue weighted by atomic mass is 35.5. The van der Waals surface area contributed by atoms with E-state index in [4.69, 9.17) is 20.8 Å². The van der Waals surface area contributed by atoms with Crippen LogP contribution in [0.4, 0.5) is 5.69 Å². The van der Waals surface area contributed by atoms with E-state index in [1.54, 1.807) is 57.5 Å². The number of carbonyl (C=O) groups excluding carboxylic acids is 2. The quantitative estimate of drug-likeness (QED) is 0.716. The molecule has 140 valence electrons. The number of aryl methyl sites for hydroxylation is 1. The van der Waals surface area contributed by atoms with E-state index in [1.165, 1.54) is 4.90 Å². The molecule has 1 aromatic heterocycles. The molecule has 0 radical (unpaired) electrons. The Hall–Kier alpha value is -2.99. The lowest BCUT2D eigenvalue weighted by molar-refractivity contribution is -0.116. The SMILES string of the molecule is COc1ccc2oc(C(=O)N(C)CC(=O)Nc3ccccc3Cl)c(C)c2c1. The molecule has 0 unspecified atom stereocenters. The number of amides is 2. The summed E-state index contributed by atoms with van der Waals surface area (Å²) in [4.78, 5) is 26.3. The molecule has 0 aliphatic rings. The Morgan fingerprint density at radius 2 is 1.96 bits per heavy atom. The number of likely N-dealkylation sites (N-methyl/N-ethyl adjacent to an activating group) is 1. The average Bonchev–Trinajstić information content (AvgIpc) is 2.99. The van der Waals surface area contributed by atoms with Crippen molar-refractivity contribution in [2.75, 3.05) is 26.0 Å². The van der Waals surface area contributed by atoms with Gasteiger partial charge >= 0.3 is 0 Å². The Labute approximate surface area is 161 Å². The largest absolute Gasteiger partial charge is 0.497 e. The summed E-state index contributed by atoms with van der Waals surface area (Å²) in [6.45, 7) is 1.67. The minimum atomic E-state index is -0.378. The third kappa shape index (κ3) is 3.90. The molecule has 2 aromatic carbocycles. The van der Waals surface area contributed by atoms with E-state index in [2.05, 4.69) is 5.32 Å². The van der Waals surface area contributed by atoms with Gasteiger partial charge in [-0.2, -0.15) is 0 Å². The van der Waals surface area contributed by atoms with Crippen LogP contribution in [0.15, 0.2) is 46.9 Å². The van der Waals surface area contributed by atoms with Gasteiger partial charge in [-0.3, -0.25) is 9.59 Å². The first kappa shape index (κ1) is 18.8. The number of nitrogens with one attached hydrogen (secondary N) is 1. The Balaban J connectivity index is 1.75. The maximum atomic E-state index is 12.7. The van der Waals surface area contributed by atoms with E-state index in [0.717, 1.165) is 5.39 Å². The maximum Gasteiger partial charge on any atom is 0.290 e. The fourth-order valence-corrected chi connectivity index (χ4v) is 2.93. The molecular weight excluding hydrogens is 368 g/mol. The molecule has 3 rings (SSSR count). The van der Waals surface area contributed by atoms with Crippen molar-refractivity contribution in [2.24, 2.45) is 0 Å². The zero-order valence-corrected chi connectivity index (χ0v) is 16.0. The molecule has 0 saturated carbocycles. The second-order valence-corrected chi connectivity index (χ2v) is 6.51. The predicted molar refractivity (Wildman–Crippen MR) is 105 cm³/mol. The van der Waals surface area contributed by atoms with Gasteiger partial charge in [-0.1, -0.05) is 23.7 Å². The minimum Gasteiger partial charge on any atom is -0.497 e. The van der Waals surface area contributed by atoms with Crippen molar-refractivity contribution < 1.29 is 18.7 Å². The second-order valence-electron chi connectivity index (χ2n) is 6.11. The molecule has 0 atom stereocenters. The van der Waals surface area contributed by atoms with E-state index in [1.807, 2.05) is 6.07 Å². The predicted octanol–water partition coefficient (Wildman–Crippen LogP) is 4.11. The molecule has 2 amide bonds. The standard InChI is InChI=1S/C20H19ClN2O4/c1-12-14-10-13(26-3)8-9-17(14)27-19(12)20(25)23(2)11-18(24)22-16-7-5-4-6-15(16)21/h4-10H,11H2,1-3H3,(H,22,24). The Morgan fingerprint density at radius 1 is 1.22 bits per heavy atom. The third-order valence-electron chi connectivity index (χ3n) is 4.21. The number of fused-ring (bicyclic) bond motifs is 1. The summed E-state index contributed by atoms with van der Waals surface area (Å²) in [5.74, 6) is 0.149. The van der Waals surface area contributed by atoms with Crippen LogP contribution in [0.25, 0.3) is 11.0 Å². The van der Waals surface area contributed by atoms with Crippen molar-refractivity contribution in [2.45, 2.75) is 6.92 Å². The molecule has 0 aliphatic heterocycles. The lowest BCUT2D eigenvalue weighted by Crippen LogP contribution is -2.35. The normalized spacial score (nSPS) is 10.7. The van der Waals surface area contributed by atoms with Crippen LogP contribution in [0, 0.1) is 6.92 Å². The fraction of sp³-hybridized carbons (Fsp3) is 0.200. The second kappa shape index (κ2) is 7.72. The number of anilines is 1. The zero-order valence-electron chi connectivity index (χ0n) is 15.2. The summed E-state index contributed by atoms with van der Waals surface area (Å²) in [7, 11) is 3.12. The smallest absolute Gasteiger partial charge is 0.290 e. The summed E-state index contributed by atoms with van der Waals surface area (Å²) in [6.07, 6.45) is 0. The van der Waals surface area contributed by atoms with Gasteiger partial charge in [-0.15, -0.1) is 0 Å². The van der Waals surface area contributed by atoms with Gasteiger partial charge in [0.2, 0.25) is 5.91 Å². The highest BCUT2D eigenvalue weighted by molar-refractivity contribution is 6.33. The number of para-hydroxylation sites is 1. The van der Waals surface area contributed by atoms with Crippen molar-refractivity contribution in [3.8, 4) is 5.75 Å². The van der Waals surface area contributed by atoms with E-state index in [0.29, 0.717) is 27.6 Å². The first-order chi connectivity index (χ1) is 12.9. The molecule has 27 heavy (non-hydrogen) atoms. The molecule has 0 bridgehead atoms. The van der Waals surface area contributed by atoms with Crippen LogP contribution in [0.2, 0.25) is 5.02 Å². The summed E-state index contributed by atoms with van der Waals surface area (Å²) in [6, 6.07) is 12.2. The van der Waals surface area contributed by atoms with E-state index < -0.39 is 0 Å². The molecule has 0 aliphatic carbocycles. The van der Waals surface area contributed by atoms with Gasteiger partial charge in [0.1, 0.15) is 11.3 Å². The monoisotopic (exact) mass is 386 g/mol. The highest BCUT2D eigenvalue weighted by Gasteiger charge is 2.23. The Bertz CT molecular complexity index is 1010. The first-order valence-electron chi connectivity index (χ1n) is 8.27. The average molecular weight is 387 g/mol. The molecule has 3 aromatic rings. The van der Waals surface area contributed by atoms with Crippen molar-refractivity contribution in [3.05, 3.63) is 58.8 Å². The summed E-state index contributed by atoms with van der Waals surface area (Å²) < 4.78 is 10.9. The van der Waals surface area contributed by atoms with Crippen molar-refractivity contribution >= 4 is 40.1 Å². The topological polar surface area (TPSA) is 71.8 Å². The number of methoxy groups -OCH3 is 1. The first-order valence-corrected chi connectivity index (χ1v) is 8.65. The van der Waals surface area contributed by atoms with Gasteiger partial charge in [0, 0.05) is 18.0 Å². The molecular formula is C20H19ClN2O4. The van der Waals surface area contributed by atoms with Crippen LogP contribution >= 0.6 is 11.6 Å².